The van der Waals surface area contributed by atoms with Crippen LogP contribution in [0.1, 0.15) is 0 Å². The molecular formula is C10H18N4Na2O11. The first-order chi connectivity index (χ1) is 10.9. The van der Waals surface area contributed by atoms with Crippen molar-refractivity contribution in [2.75, 3.05) is 39.3 Å². The predicted molar refractivity (Wildman–Crippen MR) is 74.5 cm³/mol. The van der Waals surface area contributed by atoms with Gasteiger partial charge in [0.2, 0.25) is 0 Å². The zero-order valence-electron chi connectivity index (χ0n) is 15.2. The molecule has 0 aliphatic rings. The molecule has 0 heterocycles. The maximum atomic E-state index is 10.5. The summed E-state index contributed by atoms with van der Waals surface area (Å²) in [5.41, 5.74) is 0. The van der Waals surface area contributed by atoms with Crippen molar-refractivity contribution >= 4 is 23.9 Å². The molecule has 0 aromatic rings. The second kappa shape index (κ2) is 21.3. The zero-order chi connectivity index (χ0) is 19.3. The third-order valence-corrected chi connectivity index (χ3v) is 2.16. The van der Waals surface area contributed by atoms with E-state index in [1.807, 2.05) is 0 Å². The van der Waals surface area contributed by atoms with Crippen molar-refractivity contribution in [1.29, 1.82) is 0 Å². The van der Waals surface area contributed by atoms with E-state index in [1.165, 1.54) is 0 Å². The smallest absolute Gasteiger partial charge is 0.549 e. The van der Waals surface area contributed by atoms with Gasteiger partial charge in [0.15, 0.2) is 0 Å². The van der Waals surface area contributed by atoms with E-state index >= 15 is 0 Å². The minimum absolute atomic E-state index is 0. The summed E-state index contributed by atoms with van der Waals surface area (Å²) in [6, 6.07) is 0. The molecule has 0 spiro atoms. The van der Waals surface area contributed by atoms with Crippen LogP contribution in [0.5, 0.6) is 0 Å². The predicted octanol–water partition coefficient (Wildman–Crippen LogP) is -10.6. The van der Waals surface area contributed by atoms with E-state index in [4.69, 9.17) is 25.5 Å². The van der Waals surface area contributed by atoms with Crippen LogP contribution in [0, 0.1) is 15.3 Å². The molecule has 0 fully saturated rings. The quantitative estimate of drug-likeness (QED) is 0.161. The summed E-state index contributed by atoms with van der Waals surface area (Å²) < 4.78 is 0. The van der Waals surface area contributed by atoms with Crippen LogP contribution in [0.3, 0.4) is 0 Å². The topological polar surface area (TPSA) is 264 Å². The number of nitrogens with zero attached hydrogens (tertiary/aromatic N) is 3. The third-order valence-electron chi connectivity index (χ3n) is 2.16. The van der Waals surface area contributed by atoms with E-state index in [2.05, 4.69) is 0 Å². The fourth-order valence-electron chi connectivity index (χ4n) is 1.46. The van der Waals surface area contributed by atoms with Crippen molar-refractivity contribution in [2.45, 2.75) is 0 Å². The largest absolute Gasteiger partial charge is 1.00 e. The maximum Gasteiger partial charge on any atom is 1.00 e. The van der Waals surface area contributed by atoms with Gasteiger partial charge in [-0.3, -0.25) is 19.4 Å². The third kappa shape index (κ3) is 33.0. The van der Waals surface area contributed by atoms with Gasteiger partial charge in [-0.05, 0) is 0 Å². The zero-order valence-corrected chi connectivity index (χ0v) is 19.2. The van der Waals surface area contributed by atoms with Crippen LogP contribution in [0.2, 0.25) is 0 Å². The Morgan fingerprint density at radius 2 is 0.963 bits per heavy atom. The fraction of sp³-hybridized carbons (Fsp3) is 0.600. The summed E-state index contributed by atoms with van der Waals surface area (Å²) in [5.74, 6) is -5.52. The standard InChI is InChI=1S/C10H16N2O8.NO3.H3N.2Na/c13-7(14)3-11(4-8(15)16)1-2-12(5-9(17)18)6-10(19)20;2-1(3)4;;;/h1-6H2,(H,13,14)(H,15,16)(H,17,18)(H,19,20);;1H3;;/q;-1;;2*+1/p-1. The maximum absolute atomic E-state index is 10.5. The van der Waals surface area contributed by atoms with Gasteiger partial charge in [-0.25, -0.2) is 0 Å². The van der Waals surface area contributed by atoms with E-state index in [1.54, 1.807) is 0 Å². The summed E-state index contributed by atoms with van der Waals surface area (Å²) in [6.45, 7) is -2.75. The van der Waals surface area contributed by atoms with Crippen molar-refractivity contribution in [2.24, 2.45) is 0 Å². The van der Waals surface area contributed by atoms with E-state index in [9.17, 15) is 29.4 Å². The number of aliphatic carboxylic acids is 4. The Labute approximate surface area is 197 Å². The average molecular weight is 416 g/mol. The Hall–Kier alpha value is -1.04. The summed E-state index contributed by atoms with van der Waals surface area (Å²) in [5, 5.41) is 52.8. The average Bonchev–Trinajstić information content (AvgIpc) is 2.32. The molecule has 0 amide bonds. The van der Waals surface area contributed by atoms with E-state index < -0.39 is 55.1 Å². The molecule has 0 aliphatic carbocycles. The molecule has 27 heavy (non-hydrogen) atoms. The van der Waals surface area contributed by atoms with Crippen LogP contribution in [-0.2, 0) is 19.2 Å². The normalized spacial score (nSPS) is 8.81. The molecule has 0 aromatic heterocycles. The van der Waals surface area contributed by atoms with Gasteiger partial charge >= 0.3 is 71.1 Å². The second-order valence-corrected chi connectivity index (χ2v) is 4.18. The number of carbonyl (C=O) groups excluding carboxylic acids is 2. The Bertz CT molecular complexity index is 408. The summed E-state index contributed by atoms with van der Waals surface area (Å²) in [4.78, 5) is 52.1. The molecule has 0 radical (unpaired) electrons. The van der Waals surface area contributed by atoms with Gasteiger partial charge < -0.3 is 51.5 Å². The van der Waals surface area contributed by atoms with Crippen LogP contribution < -0.4 is 75.5 Å². The number of hydrogen-bond acceptors (Lipinski definition) is 11. The van der Waals surface area contributed by atoms with Gasteiger partial charge in [0.1, 0.15) is 0 Å². The monoisotopic (exact) mass is 416 g/mol. The van der Waals surface area contributed by atoms with Crippen molar-refractivity contribution in [3.8, 4) is 0 Å². The molecule has 0 saturated carbocycles. The summed E-state index contributed by atoms with van der Waals surface area (Å²) in [7, 11) is 0. The number of quaternary nitrogens is 1. The molecule has 0 atom stereocenters. The Morgan fingerprint density at radius 3 is 1.15 bits per heavy atom. The fourth-order valence-corrected chi connectivity index (χ4v) is 1.46. The molecule has 17 heteroatoms. The number of rotatable bonds is 11. The molecule has 0 aromatic carbocycles. The SMILES string of the molecule is O=C([O-])CN(CCN(CC(=O)O)CC(=O)O)CC(=O)[O-].O=[N+]([O-])[O-].[NH4+].[Na+].[Na+]. The molecule has 6 N–H and O–H groups in total. The van der Waals surface area contributed by atoms with Crippen LogP contribution in [-0.4, -0.2) is 88.2 Å². The van der Waals surface area contributed by atoms with Crippen LogP contribution in [0.15, 0.2) is 0 Å². The van der Waals surface area contributed by atoms with Crippen LogP contribution in [0.4, 0.5) is 0 Å². The first-order valence-corrected chi connectivity index (χ1v) is 6.03. The van der Waals surface area contributed by atoms with Gasteiger partial charge in [0, 0.05) is 26.2 Å². The van der Waals surface area contributed by atoms with Gasteiger partial charge in [-0.15, -0.1) is 0 Å². The van der Waals surface area contributed by atoms with Gasteiger partial charge in [-0.1, -0.05) is 0 Å². The van der Waals surface area contributed by atoms with Crippen LogP contribution >= 0.6 is 0 Å². The van der Waals surface area contributed by atoms with Crippen molar-refractivity contribution in [1.82, 2.24) is 16.0 Å². The Balaban J connectivity index is -0.000000209. The molecule has 0 unspecified atom stereocenters. The minimum Gasteiger partial charge on any atom is -0.549 e. The second-order valence-electron chi connectivity index (χ2n) is 4.18. The van der Waals surface area contributed by atoms with Gasteiger partial charge in [-0.2, -0.15) is 0 Å². The molecule has 0 saturated heterocycles. The summed E-state index contributed by atoms with van der Waals surface area (Å²) in [6.07, 6.45) is 0. The first kappa shape index (κ1) is 36.8. The molecule has 0 bridgehead atoms. The number of carboxylic acids is 4. The first-order valence-electron chi connectivity index (χ1n) is 6.03. The summed E-state index contributed by atoms with van der Waals surface area (Å²) >= 11 is 0. The Kier molecular flexibility index (Phi) is 29.0. The molecule has 15 nitrogen and oxygen atoms in total. The van der Waals surface area contributed by atoms with Crippen molar-refractivity contribution in [3.05, 3.63) is 15.3 Å². The van der Waals surface area contributed by atoms with Gasteiger partial charge in [0.25, 0.3) is 0 Å². The van der Waals surface area contributed by atoms with Crippen LogP contribution in [0.25, 0.3) is 0 Å². The van der Waals surface area contributed by atoms with E-state index in [0.717, 1.165) is 9.80 Å². The molecule has 146 valence electrons. The van der Waals surface area contributed by atoms with Gasteiger partial charge in [0.05, 0.1) is 30.1 Å². The number of carbonyl (C=O) groups is 4. The molecule has 0 rings (SSSR count). The Morgan fingerprint density at radius 1 is 0.741 bits per heavy atom. The van der Waals surface area contributed by atoms with Crippen molar-refractivity contribution < 1.29 is 104 Å². The van der Waals surface area contributed by atoms with E-state index in [0.29, 0.717) is 0 Å². The molecule has 0 aliphatic heterocycles. The number of hydrogen-bond donors (Lipinski definition) is 3. The van der Waals surface area contributed by atoms with E-state index in [-0.39, 0.29) is 78.4 Å². The number of carboxylic acid groups (broad SMARTS) is 4. The minimum atomic E-state index is -1.75. The molecular weight excluding hydrogens is 398 g/mol. The van der Waals surface area contributed by atoms with Crippen molar-refractivity contribution in [3.63, 3.8) is 0 Å².